The van der Waals surface area contributed by atoms with Gasteiger partial charge >= 0.3 is 5.97 Å². The number of carboxylic acids is 1. The number of nitrogens with one attached hydrogen (secondary N) is 1. The van der Waals surface area contributed by atoms with Crippen molar-refractivity contribution in [3.8, 4) is 0 Å². The van der Waals surface area contributed by atoms with Crippen molar-refractivity contribution >= 4 is 16.0 Å². The number of carboxylic acid groups (broad SMARTS) is 1. The predicted octanol–water partition coefficient (Wildman–Crippen LogP) is 1.22. The molecule has 1 atom stereocenters. The Kier molecular flexibility index (Phi) is 4.86. The van der Waals surface area contributed by atoms with E-state index in [1.54, 1.807) is 44.2 Å². The third-order valence-electron chi connectivity index (χ3n) is 2.44. The van der Waals surface area contributed by atoms with E-state index in [0.29, 0.717) is 5.56 Å². The van der Waals surface area contributed by atoms with Crippen LogP contribution in [0.1, 0.15) is 19.4 Å². The zero-order chi connectivity index (χ0) is 13.8. The van der Waals surface area contributed by atoms with Crippen molar-refractivity contribution in [1.82, 2.24) is 4.72 Å². The van der Waals surface area contributed by atoms with E-state index >= 15 is 0 Å². The van der Waals surface area contributed by atoms with Gasteiger partial charge in [-0.15, -0.1) is 0 Å². The van der Waals surface area contributed by atoms with Crippen molar-refractivity contribution in [2.75, 3.05) is 0 Å². The van der Waals surface area contributed by atoms with Gasteiger partial charge < -0.3 is 5.11 Å². The minimum Gasteiger partial charge on any atom is -0.480 e. The molecule has 2 N–H and O–H groups in total. The number of hydrogen-bond acceptors (Lipinski definition) is 3. The molecule has 0 heterocycles. The quantitative estimate of drug-likeness (QED) is 0.814. The number of sulfonamides is 1. The van der Waals surface area contributed by atoms with Gasteiger partial charge in [0.05, 0.1) is 5.75 Å². The Morgan fingerprint density at radius 1 is 1.28 bits per heavy atom. The van der Waals surface area contributed by atoms with Gasteiger partial charge in [-0.1, -0.05) is 44.2 Å². The van der Waals surface area contributed by atoms with Crippen LogP contribution in [-0.2, 0) is 20.6 Å². The summed E-state index contributed by atoms with van der Waals surface area (Å²) in [6.45, 7) is 3.31. The van der Waals surface area contributed by atoms with Gasteiger partial charge in [-0.25, -0.2) is 13.1 Å². The van der Waals surface area contributed by atoms with Crippen molar-refractivity contribution in [3.05, 3.63) is 35.9 Å². The molecular formula is C12H17NO4S. The van der Waals surface area contributed by atoms with Crippen molar-refractivity contribution in [3.63, 3.8) is 0 Å². The first-order valence-electron chi connectivity index (χ1n) is 5.58. The van der Waals surface area contributed by atoms with Gasteiger partial charge in [-0.2, -0.15) is 0 Å². The average Bonchev–Trinajstić information content (AvgIpc) is 2.26. The molecule has 1 aromatic carbocycles. The molecule has 0 saturated carbocycles. The van der Waals surface area contributed by atoms with E-state index in [0.717, 1.165) is 0 Å². The molecule has 0 spiro atoms. The van der Waals surface area contributed by atoms with Crippen LogP contribution in [0.15, 0.2) is 30.3 Å². The van der Waals surface area contributed by atoms with Gasteiger partial charge in [0.25, 0.3) is 0 Å². The first-order valence-corrected chi connectivity index (χ1v) is 7.24. The van der Waals surface area contributed by atoms with E-state index in [4.69, 9.17) is 5.11 Å². The molecule has 0 aliphatic heterocycles. The van der Waals surface area contributed by atoms with Crippen LogP contribution >= 0.6 is 0 Å². The molecule has 0 saturated heterocycles. The molecule has 6 heteroatoms. The van der Waals surface area contributed by atoms with Crippen molar-refractivity contribution in [1.29, 1.82) is 0 Å². The maximum atomic E-state index is 11.8. The van der Waals surface area contributed by atoms with Crippen LogP contribution in [0.4, 0.5) is 0 Å². The van der Waals surface area contributed by atoms with Crippen LogP contribution in [0.2, 0.25) is 0 Å². The number of rotatable bonds is 6. The standard InChI is InChI=1S/C12H17NO4S/c1-9(2)11(12(14)15)13-18(16,17)8-10-6-4-3-5-7-10/h3-7,9,11,13H,8H2,1-2H3,(H,14,15)/t11-/m0/s1. The average molecular weight is 271 g/mol. The van der Waals surface area contributed by atoms with Gasteiger partial charge in [0.2, 0.25) is 10.0 Å². The van der Waals surface area contributed by atoms with E-state index in [9.17, 15) is 13.2 Å². The lowest BCUT2D eigenvalue weighted by Crippen LogP contribution is -2.44. The van der Waals surface area contributed by atoms with Gasteiger partial charge in [0.1, 0.15) is 6.04 Å². The zero-order valence-corrected chi connectivity index (χ0v) is 11.1. The Bertz CT molecular complexity index is 496. The summed E-state index contributed by atoms with van der Waals surface area (Å²) < 4.78 is 25.9. The molecule has 0 bridgehead atoms. The summed E-state index contributed by atoms with van der Waals surface area (Å²) in [6, 6.07) is 7.54. The van der Waals surface area contributed by atoms with Crippen molar-refractivity contribution < 1.29 is 18.3 Å². The number of hydrogen-bond donors (Lipinski definition) is 2. The summed E-state index contributed by atoms with van der Waals surface area (Å²) >= 11 is 0. The monoisotopic (exact) mass is 271 g/mol. The fourth-order valence-corrected chi connectivity index (χ4v) is 2.97. The minimum absolute atomic E-state index is 0.218. The lowest BCUT2D eigenvalue weighted by molar-refractivity contribution is -0.140. The summed E-state index contributed by atoms with van der Waals surface area (Å²) in [5.41, 5.74) is 0.623. The van der Waals surface area contributed by atoms with Crippen LogP contribution in [0.25, 0.3) is 0 Å². The Hall–Kier alpha value is -1.40. The molecule has 100 valence electrons. The molecule has 0 amide bonds. The molecule has 0 aliphatic carbocycles. The Morgan fingerprint density at radius 3 is 2.28 bits per heavy atom. The van der Waals surface area contributed by atoms with Crippen LogP contribution in [0, 0.1) is 5.92 Å². The van der Waals surface area contributed by atoms with E-state index in [1.165, 1.54) is 0 Å². The molecule has 18 heavy (non-hydrogen) atoms. The first kappa shape index (κ1) is 14.7. The second kappa shape index (κ2) is 5.97. The zero-order valence-electron chi connectivity index (χ0n) is 10.3. The molecule has 0 aromatic heterocycles. The van der Waals surface area contributed by atoms with Gasteiger partial charge in [0, 0.05) is 0 Å². The van der Waals surface area contributed by atoms with Crippen LogP contribution in [-0.4, -0.2) is 25.5 Å². The van der Waals surface area contributed by atoms with Gasteiger partial charge in [-0.05, 0) is 11.5 Å². The molecule has 0 radical (unpaired) electrons. The number of aliphatic carboxylic acids is 1. The highest BCUT2D eigenvalue weighted by atomic mass is 32.2. The highest BCUT2D eigenvalue weighted by Gasteiger charge is 2.26. The maximum absolute atomic E-state index is 11.8. The van der Waals surface area contributed by atoms with Crippen LogP contribution in [0.5, 0.6) is 0 Å². The van der Waals surface area contributed by atoms with E-state index in [2.05, 4.69) is 4.72 Å². The summed E-state index contributed by atoms with van der Waals surface area (Å²) in [5, 5.41) is 8.95. The highest BCUT2D eigenvalue weighted by molar-refractivity contribution is 7.88. The first-order chi connectivity index (χ1) is 8.32. The third kappa shape index (κ3) is 4.46. The second-order valence-electron chi connectivity index (χ2n) is 4.42. The summed E-state index contributed by atoms with van der Waals surface area (Å²) in [5.74, 6) is -1.70. The van der Waals surface area contributed by atoms with Gasteiger partial charge in [0.15, 0.2) is 0 Å². The molecule has 1 rings (SSSR count). The topological polar surface area (TPSA) is 83.5 Å². The Balaban J connectivity index is 2.79. The number of carbonyl (C=O) groups is 1. The van der Waals surface area contributed by atoms with Crippen molar-refractivity contribution in [2.24, 2.45) is 5.92 Å². The summed E-state index contributed by atoms with van der Waals surface area (Å²) in [4.78, 5) is 10.9. The molecule has 0 aliphatic rings. The van der Waals surface area contributed by atoms with Crippen molar-refractivity contribution in [2.45, 2.75) is 25.6 Å². The minimum atomic E-state index is -3.65. The van der Waals surface area contributed by atoms with E-state index < -0.39 is 22.0 Å². The molecule has 0 fully saturated rings. The smallest absolute Gasteiger partial charge is 0.321 e. The lowest BCUT2D eigenvalue weighted by Gasteiger charge is -2.17. The fraction of sp³-hybridized carbons (Fsp3) is 0.417. The lowest BCUT2D eigenvalue weighted by atomic mass is 10.1. The molecule has 0 unspecified atom stereocenters. The predicted molar refractivity (Wildman–Crippen MR) is 68.5 cm³/mol. The molecular weight excluding hydrogens is 254 g/mol. The summed E-state index contributed by atoms with van der Waals surface area (Å²) in [7, 11) is -3.65. The van der Waals surface area contributed by atoms with Gasteiger partial charge in [-0.3, -0.25) is 4.79 Å². The third-order valence-corrected chi connectivity index (χ3v) is 3.77. The fourth-order valence-electron chi connectivity index (χ4n) is 1.50. The second-order valence-corrected chi connectivity index (χ2v) is 6.18. The van der Waals surface area contributed by atoms with E-state index in [1.807, 2.05) is 0 Å². The largest absolute Gasteiger partial charge is 0.480 e. The Labute approximate surface area is 107 Å². The molecule has 1 aromatic rings. The van der Waals surface area contributed by atoms with E-state index in [-0.39, 0.29) is 11.7 Å². The van der Waals surface area contributed by atoms with Crippen LogP contribution < -0.4 is 4.72 Å². The molecule has 5 nitrogen and oxygen atoms in total. The highest BCUT2D eigenvalue weighted by Crippen LogP contribution is 2.08. The number of benzene rings is 1. The Morgan fingerprint density at radius 2 is 1.83 bits per heavy atom. The summed E-state index contributed by atoms with van der Waals surface area (Å²) in [6.07, 6.45) is 0. The SMILES string of the molecule is CC(C)[C@H](NS(=O)(=O)Cc1ccccc1)C(=O)O. The van der Waals surface area contributed by atoms with Crippen LogP contribution in [0.3, 0.4) is 0 Å². The normalized spacial score (nSPS) is 13.5. The maximum Gasteiger partial charge on any atom is 0.321 e.